The quantitative estimate of drug-likeness (QED) is 0.903. The van der Waals surface area contributed by atoms with Gasteiger partial charge in [0.1, 0.15) is 10.6 Å². The SMILES string of the molecule is CCSC1CCCC1NC(=O)c1sccc1OC. The highest BCUT2D eigenvalue weighted by atomic mass is 32.2. The van der Waals surface area contributed by atoms with Gasteiger partial charge < -0.3 is 10.1 Å². The van der Waals surface area contributed by atoms with Crippen LogP contribution >= 0.6 is 23.1 Å². The van der Waals surface area contributed by atoms with Crippen LogP contribution in [0.25, 0.3) is 0 Å². The zero-order valence-electron chi connectivity index (χ0n) is 10.8. The molecule has 0 saturated heterocycles. The Bertz CT molecular complexity index is 405. The van der Waals surface area contributed by atoms with Crippen LogP contribution in [0.5, 0.6) is 5.75 Å². The largest absolute Gasteiger partial charge is 0.495 e. The van der Waals surface area contributed by atoms with Gasteiger partial charge in [-0.25, -0.2) is 0 Å². The van der Waals surface area contributed by atoms with Gasteiger partial charge in [-0.2, -0.15) is 11.8 Å². The molecule has 3 nitrogen and oxygen atoms in total. The average molecular weight is 285 g/mol. The lowest BCUT2D eigenvalue weighted by Crippen LogP contribution is -2.38. The minimum atomic E-state index is 0.00968. The Morgan fingerprint density at radius 3 is 3.17 bits per heavy atom. The van der Waals surface area contributed by atoms with Crippen molar-refractivity contribution < 1.29 is 9.53 Å². The molecule has 100 valence electrons. The van der Waals surface area contributed by atoms with Crippen molar-refractivity contribution in [2.75, 3.05) is 12.9 Å². The van der Waals surface area contributed by atoms with Crippen molar-refractivity contribution in [2.45, 2.75) is 37.5 Å². The van der Waals surface area contributed by atoms with Gasteiger partial charge in [0.25, 0.3) is 5.91 Å². The predicted molar refractivity (Wildman–Crippen MR) is 77.9 cm³/mol. The molecule has 1 saturated carbocycles. The highest BCUT2D eigenvalue weighted by molar-refractivity contribution is 7.99. The molecule has 2 unspecified atom stereocenters. The smallest absolute Gasteiger partial charge is 0.265 e. The maximum Gasteiger partial charge on any atom is 0.265 e. The first kappa shape index (κ1) is 13.7. The molecule has 1 aliphatic rings. The van der Waals surface area contributed by atoms with E-state index in [1.807, 2.05) is 23.2 Å². The number of hydrogen-bond donors (Lipinski definition) is 1. The van der Waals surface area contributed by atoms with E-state index in [9.17, 15) is 4.79 Å². The summed E-state index contributed by atoms with van der Waals surface area (Å²) in [6.07, 6.45) is 3.52. The number of amides is 1. The minimum absolute atomic E-state index is 0.00968. The lowest BCUT2D eigenvalue weighted by molar-refractivity contribution is 0.0940. The van der Waals surface area contributed by atoms with Crippen LogP contribution in [0.2, 0.25) is 0 Å². The summed E-state index contributed by atoms with van der Waals surface area (Å²) in [4.78, 5) is 12.9. The zero-order chi connectivity index (χ0) is 13.0. The molecule has 1 N–H and O–H groups in total. The van der Waals surface area contributed by atoms with Gasteiger partial charge in [0, 0.05) is 11.3 Å². The lowest BCUT2D eigenvalue weighted by Gasteiger charge is -2.19. The fraction of sp³-hybridized carbons (Fsp3) is 0.615. The first-order valence-electron chi connectivity index (χ1n) is 6.30. The van der Waals surface area contributed by atoms with Gasteiger partial charge in [0.05, 0.1) is 7.11 Å². The van der Waals surface area contributed by atoms with E-state index in [0.717, 1.165) is 12.2 Å². The van der Waals surface area contributed by atoms with Crippen LogP contribution < -0.4 is 10.1 Å². The first-order valence-corrected chi connectivity index (χ1v) is 8.23. The van der Waals surface area contributed by atoms with Crippen LogP contribution in [0.15, 0.2) is 11.4 Å². The molecule has 0 radical (unpaired) electrons. The predicted octanol–water partition coefficient (Wildman–Crippen LogP) is 3.16. The zero-order valence-corrected chi connectivity index (χ0v) is 12.4. The minimum Gasteiger partial charge on any atom is -0.495 e. The fourth-order valence-corrected chi connectivity index (χ4v) is 4.32. The number of rotatable bonds is 5. The lowest BCUT2D eigenvalue weighted by atomic mass is 10.2. The third kappa shape index (κ3) is 3.01. The normalized spacial score (nSPS) is 23.0. The third-order valence-electron chi connectivity index (χ3n) is 3.21. The van der Waals surface area contributed by atoms with Gasteiger partial charge in [-0.05, 0) is 30.0 Å². The van der Waals surface area contributed by atoms with Gasteiger partial charge in [0.2, 0.25) is 0 Å². The second-order valence-corrected chi connectivity index (χ2v) is 6.76. The second kappa shape index (κ2) is 6.48. The van der Waals surface area contributed by atoms with Crippen molar-refractivity contribution in [1.29, 1.82) is 0 Å². The molecular weight excluding hydrogens is 266 g/mol. The number of ether oxygens (including phenoxy) is 1. The number of methoxy groups -OCH3 is 1. The summed E-state index contributed by atoms with van der Waals surface area (Å²) in [6.45, 7) is 2.17. The van der Waals surface area contributed by atoms with Crippen molar-refractivity contribution >= 4 is 29.0 Å². The molecular formula is C13H19NO2S2. The van der Waals surface area contributed by atoms with Crippen LogP contribution in [0.1, 0.15) is 35.9 Å². The van der Waals surface area contributed by atoms with E-state index in [4.69, 9.17) is 4.74 Å². The molecule has 5 heteroatoms. The summed E-state index contributed by atoms with van der Waals surface area (Å²) in [7, 11) is 1.60. The summed E-state index contributed by atoms with van der Waals surface area (Å²) in [5, 5.41) is 5.63. The summed E-state index contributed by atoms with van der Waals surface area (Å²) in [6, 6.07) is 2.15. The number of thiophene rings is 1. The molecule has 1 fully saturated rings. The monoisotopic (exact) mass is 285 g/mol. The Kier molecular flexibility index (Phi) is 4.95. The van der Waals surface area contributed by atoms with Crippen LogP contribution in [-0.2, 0) is 0 Å². The van der Waals surface area contributed by atoms with E-state index in [2.05, 4.69) is 12.2 Å². The van der Waals surface area contributed by atoms with Crippen molar-refractivity contribution in [3.8, 4) is 5.75 Å². The van der Waals surface area contributed by atoms with E-state index in [-0.39, 0.29) is 5.91 Å². The first-order chi connectivity index (χ1) is 8.76. The average Bonchev–Trinajstić information content (AvgIpc) is 2.98. The number of nitrogens with one attached hydrogen (secondary N) is 1. The van der Waals surface area contributed by atoms with Gasteiger partial charge in [-0.15, -0.1) is 11.3 Å². The molecule has 1 aromatic heterocycles. The van der Waals surface area contributed by atoms with Crippen LogP contribution in [0, 0.1) is 0 Å². The molecule has 0 aromatic carbocycles. The molecule has 2 atom stereocenters. The van der Waals surface area contributed by atoms with Crippen LogP contribution in [0.3, 0.4) is 0 Å². The molecule has 1 aliphatic carbocycles. The number of carbonyl (C=O) groups excluding carboxylic acids is 1. The topological polar surface area (TPSA) is 38.3 Å². The summed E-state index contributed by atoms with van der Waals surface area (Å²) < 4.78 is 5.19. The number of thioether (sulfide) groups is 1. The van der Waals surface area contributed by atoms with Gasteiger partial charge >= 0.3 is 0 Å². The van der Waals surface area contributed by atoms with E-state index in [1.165, 1.54) is 24.2 Å². The Morgan fingerprint density at radius 2 is 2.44 bits per heavy atom. The summed E-state index contributed by atoms with van der Waals surface area (Å²) in [5.41, 5.74) is 0. The third-order valence-corrected chi connectivity index (χ3v) is 5.43. The van der Waals surface area contributed by atoms with Crippen molar-refractivity contribution in [2.24, 2.45) is 0 Å². The Hall–Kier alpha value is -0.680. The molecule has 2 rings (SSSR count). The van der Waals surface area contributed by atoms with Crippen LogP contribution in [0.4, 0.5) is 0 Å². The van der Waals surface area contributed by atoms with E-state index in [1.54, 1.807) is 7.11 Å². The Morgan fingerprint density at radius 1 is 1.61 bits per heavy atom. The van der Waals surface area contributed by atoms with Crippen molar-refractivity contribution in [3.05, 3.63) is 16.3 Å². The van der Waals surface area contributed by atoms with Gasteiger partial charge in [-0.3, -0.25) is 4.79 Å². The summed E-state index contributed by atoms with van der Waals surface area (Å²) in [5.74, 6) is 1.80. The van der Waals surface area contributed by atoms with Crippen molar-refractivity contribution in [1.82, 2.24) is 5.32 Å². The van der Waals surface area contributed by atoms with E-state index in [0.29, 0.717) is 21.9 Å². The number of carbonyl (C=O) groups is 1. The molecule has 1 aromatic rings. The highest BCUT2D eigenvalue weighted by Crippen LogP contribution is 2.31. The Balaban J connectivity index is 1.98. The van der Waals surface area contributed by atoms with Crippen LogP contribution in [-0.4, -0.2) is 30.1 Å². The van der Waals surface area contributed by atoms with E-state index < -0.39 is 0 Å². The number of hydrogen-bond acceptors (Lipinski definition) is 4. The molecule has 1 heterocycles. The standard InChI is InChI=1S/C13H19NO2S2/c1-3-17-11-6-4-5-9(11)14-13(15)12-10(16-2)7-8-18-12/h7-9,11H,3-6H2,1-2H3,(H,14,15). The molecule has 18 heavy (non-hydrogen) atoms. The molecule has 0 bridgehead atoms. The molecule has 1 amide bonds. The molecule has 0 aliphatic heterocycles. The van der Waals surface area contributed by atoms with Gasteiger partial charge in [0.15, 0.2) is 0 Å². The summed E-state index contributed by atoms with van der Waals surface area (Å²) >= 11 is 3.39. The van der Waals surface area contributed by atoms with E-state index >= 15 is 0 Å². The second-order valence-electron chi connectivity index (χ2n) is 4.32. The van der Waals surface area contributed by atoms with Crippen molar-refractivity contribution in [3.63, 3.8) is 0 Å². The maximum absolute atomic E-state index is 12.2. The van der Waals surface area contributed by atoms with Gasteiger partial charge in [-0.1, -0.05) is 13.3 Å². The maximum atomic E-state index is 12.2. The molecule has 0 spiro atoms. The fourth-order valence-electron chi connectivity index (χ4n) is 2.36. The highest BCUT2D eigenvalue weighted by Gasteiger charge is 2.29. The Labute approximate surface area is 116 Å².